The van der Waals surface area contributed by atoms with Crippen LogP contribution in [0.15, 0.2) is 0 Å². The summed E-state index contributed by atoms with van der Waals surface area (Å²) in [5, 5.41) is 0. The van der Waals surface area contributed by atoms with E-state index in [1.807, 2.05) is 6.92 Å². The van der Waals surface area contributed by atoms with Crippen molar-refractivity contribution in [1.29, 1.82) is 0 Å². The lowest BCUT2D eigenvalue weighted by atomic mass is 9.92. The fourth-order valence-electron chi connectivity index (χ4n) is 2.83. The predicted octanol–water partition coefficient (Wildman–Crippen LogP) is 0.768. The van der Waals surface area contributed by atoms with Gasteiger partial charge < -0.3 is 15.2 Å². The minimum Gasteiger partial charge on any atom is -0.465 e. The largest absolute Gasteiger partial charge is 0.465 e. The highest BCUT2D eigenvalue weighted by Crippen LogP contribution is 2.40. The molecule has 2 N–H and O–H groups in total. The first-order valence-electron chi connectivity index (χ1n) is 7.39. The first kappa shape index (κ1) is 14.8. The van der Waals surface area contributed by atoms with E-state index in [0.717, 1.165) is 39.0 Å². The fraction of sp³-hybridized carbons (Fsp3) is 0.929. The van der Waals surface area contributed by atoms with Crippen molar-refractivity contribution in [1.82, 2.24) is 4.90 Å². The zero-order valence-corrected chi connectivity index (χ0v) is 12.1. The van der Waals surface area contributed by atoms with E-state index in [9.17, 15) is 4.79 Å². The van der Waals surface area contributed by atoms with Gasteiger partial charge in [0.15, 0.2) is 0 Å². The van der Waals surface area contributed by atoms with Crippen molar-refractivity contribution in [3.05, 3.63) is 0 Å². The molecule has 2 rings (SSSR count). The molecule has 0 amide bonds. The topological polar surface area (TPSA) is 64.8 Å². The number of rotatable bonds is 6. The average Bonchev–Trinajstić information content (AvgIpc) is 3.24. The maximum absolute atomic E-state index is 12.2. The molecule has 0 aromatic carbocycles. The van der Waals surface area contributed by atoms with E-state index >= 15 is 0 Å². The van der Waals surface area contributed by atoms with Gasteiger partial charge in [0.1, 0.15) is 5.54 Å². The number of carbonyl (C=O) groups is 1. The Labute approximate surface area is 115 Å². The quantitative estimate of drug-likeness (QED) is 0.722. The molecule has 5 heteroatoms. The molecular weight excluding hydrogens is 244 g/mol. The molecule has 1 heterocycles. The van der Waals surface area contributed by atoms with Crippen LogP contribution in [0.25, 0.3) is 0 Å². The molecule has 1 saturated carbocycles. The summed E-state index contributed by atoms with van der Waals surface area (Å²) in [6.07, 6.45) is 3.09. The summed E-state index contributed by atoms with van der Waals surface area (Å²) in [4.78, 5) is 14.5. The van der Waals surface area contributed by atoms with Gasteiger partial charge >= 0.3 is 5.97 Å². The fourth-order valence-corrected chi connectivity index (χ4v) is 2.83. The van der Waals surface area contributed by atoms with Crippen molar-refractivity contribution in [2.75, 3.05) is 32.9 Å². The number of hydrogen-bond donors (Lipinski definition) is 1. The minimum absolute atomic E-state index is 0.237. The first-order chi connectivity index (χ1) is 9.11. The smallest absolute Gasteiger partial charge is 0.327 e. The van der Waals surface area contributed by atoms with Crippen LogP contribution in [-0.2, 0) is 14.3 Å². The highest BCUT2D eigenvalue weighted by Gasteiger charge is 2.50. The standard InChI is InChI=1S/C14H26N2O3/c1-3-12-9-18-8-7-16(12)10-14(15,11-5-6-11)13(17)19-4-2/h11-12H,3-10,15H2,1-2H3. The van der Waals surface area contributed by atoms with Crippen molar-refractivity contribution in [3.8, 4) is 0 Å². The van der Waals surface area contributed by atoms with Crippen molar-refractivity contribution in [2.45, 2.75) is 44.7 Å². The van der Waals surface area contributed by atoms with Gasteiger partial charge in [0.25, 0.3) is 0 Å². The highest BCUT2D eigenvalue weighted by atomic mass is 16.5. The van der Waals surface area contributed by atoms with E-state index in [-0.39, 0.29) is 11.9 Å². The Balaban J connectivity index is 2.04. The molecule has 0 spiro atoms. The second-order valence-corrected chi connectivity index (χ2v) is 5.64. The van der Waals surface area contributed by atoms with Crippen molar-refractivity contribution < 1.29 is 14.3 Å². The molecule has 0 aromatic rings. The summed E-state index contributed by atoms with van der Waals surface area (Å²) in [6, 6.07) is 0.366. The Morgan fingerprint density at radius 1 is 1.47 bits per heavy atom. The van der Waals surface area contributed by atoms with Crippen molar-refractivity contribution in [2.24, 2.45) is 11.7 Å². The number of esters is 1. The number of carbonyl (C=O) groups excluding carboxylic acids is 1. The lowest BCUT2D eigenvalue weighted by Gasteiger charge is -2.40. The van der Waals surface area contributed by atoms with Crippen LogP contribution in [0, 0.1) is 5.92 Å². The van der Waals surface area contributed by atoms with Crippen molar-refractivity contribution >= 4 is 5.97 Å². The van der Waals surface area contributed by atoms with E-state index in [4.69, 9.17) is 15.2 Å². The van der Waals surface area contributed by atoms with Gasteiger partial charge in [0, 0.05) is 19.1 Å². The summed E-state index contributed by atoms with van der Waals surface area (Å²) in [5.74, 6) is 0.0470. The molecule has 2 aliphatic rings. The molecule has 0 bridgehead atoms. The molecule has 5 nitrogen and oxygen atoms in total. The third kappa shape index (κ3) is 3.27. The maximum atomic E-state index is 12.2. The molecule has 0 aromatic heterocycles. The van der Waals surface area contributed by atoms with E-state index in [1.54, 1.807) is 0 Å². The van der Waals surface area contributed by atoms with Gasteiger partial charge in [0.2, 0.25) is 0 Å². The predicted molar refractivity (Wildman–Crippen MR) is 72.7 cm³/mol. The second kappa shape index (κ2) is 6.20. The lowest BCUT2D eigenvalue weighted by Crippen LogP contribution is -2.61. The monoisotopic (exact) mass is 270 g/mol. The Kier molecular flexibility index (Phi) is 4.81. The maximum Gasteiger partial charge on any atom is 0.327 e. The number of morpholine rings is 1. The van der Waals surface area contributed by atoms with Crippen molar-refractivity contribution in [3.63, 3.8) is 0 Å². The Morgan fingerprint density at radius 2 is 2.21 bits per heavy atom. The van der Waals surface area contributed by atoms with Crippen LogP contribution in [0.3, 0.4) is 0 Å². The van der Waals surface area contributed by atoms with Gasteiger partial charge in [0.05, 0.1) is 19.8 Å². The van der Waals surface area contributed by atoms with Crippen LogP contribution in [0.4, 0.5) is 0 Å². The molecule has 2 unspecified atom stereocenters. The van der Waals surface area contributed by atoms with Gasteiger partial charge in [-0.1, -0.05) is 6.92 Å². The first-order valence-corrected chi connectivity index (χ1v) is 7.39. The third-order valence-corrected chi connectivity index (χ3v) is 4.25. The van der Waals surface area contributed by atoms with Crippen LogP contribution in [0.5, 0.6) is 0 Å². The minimum atomic E-state index is -0.833. The van der Waals surface area contributed by atoms with Gasteiger partial charge in [-0.15, -0.1) is 0 Å². The number of nitrogens with two attached hydrogens (primary N) is 1. The Hall–Kier alpha value is -0.650. The van der Waals surface area contributed by atoms with E-state index in [1.165, 1.54) is 0 Å². The summed E-state index contributed by atoms with van der Waals surface area (Å²) in [6.45, 7) is 7.27. The Morgan fingerprint density at radius 3 is 2.79 bits per heavy atom. The summed E-state index contributed by atoms with van der Waals surface area (Å²) in [5.41, 5.74) is 5.59. The Bertz CT molecular complexity index is 320. The summed E-state index contributed by atoms with van der Waals surface area (Å²) >= 11 is 0. The number of hydrogen-bond acceptors (Lipinski definition) is 5. The van der Waals surface area contributed by atoms with Gasteiger partial charge in [-0.05, 0) is 32.1 Å². The van der Waals surface area contributed by atoms with E-state index in [2.05, 4.69) is 11.8 Å². The molecule has 110 valence electrons. The molecule has 1 aliphatic heterocycles. The summed E-state index contributed by atoms with van der Waals surface area (Å²) in [7, 11) is 0. The summed E-state index contributed by atoms with van der Waals surface area (Å²) < 4.78 is 10.7. The lowest BCUT2D eigenvalue weighted by molar-refractivity contribution is -0.152. The second-order valence-electron chi connectivity index (χ2n) is 5.64. The molecule has 2 atom stereocenters. The molecular formula is C14H26N2O3. The molecule has 19 heavy (non-hydrogen) atoms. The van der Waals surface area contributed by atoms with E-state index in [0.29, 0.717) is 19.2 Å². The van der Waals surface area contributed by atoms with Crippen LogP contribution >= 0.6 is 0 Å². The van der Waals surface area contributed by atoms with Crippen LogP contribution in [-0.4, -0.2) is 55.4 Å². The molecule has 2 fully saturated rings. The van der Waals surface area contributed by atoms with Crippen LogP contribution in [0.1, 0.15) is 33.1 Å². The normalized spacial score (nSPS) is 27.8. The van der Waals surface area contributed by atoms with E-state index < -0.39 is 5.54 Å². The average molecular weight is 270 g/mol. The van der Waals surface area contributed by atoms with Gasteiger partial charge in [-0.2, -0.15) is 0 Å². The number of ether oxygens (including phenoxy) is 2. The molecule has 0 radical (unpaired) electrons. The zero-order valence-electron chi connectivity index (χ0n) is 12.1. The van der Waals surface area contributed by atoms with Gasteiger partial charge in [-0.3, -0.25) is 4.90 Å². The zero-order chi connectivity index (χ0) is 13.9. The molecule has 1 saturated heterocycles. The van der Waals surface area contributed by atoms with Crippen LogP contribution < -0.4 is 5.73 Å². The third-order valence-electron chi connectivity index (χ3n) is 4.25. The van der Waals surface area contributed by atoms with Gasteiger partial charge in [-0.25, -0.2) is 4.79 Å². The molecule has 1 aliphatic carbocycles. The number of nitrogens with zero attached hydrogens (tertiary/aromatic N) is 1. The SMILES string of the molecule is CCOC(=O)C(N)(CN1CCOCC1CC)C1CC1. The van der Waals surface area contributed by atoms with Crippen LogP contribution in [0.2, 0.25) is 0 Å². The highest BCUT2D eigenvalue weighted by molar-refractivity contribution is 5.82.